The van der Waals surface area contributed by atoms with Crippen LogP contribution in [0.5, 0.6) is 0 Å². The lowest BCUT2D eigenvalue weighted by atomic mass is 10.1. The average molecular weight is 248 g/mol. The van der Waals surface area contributed by atoms with Gasteiger partial charge in [0.15, 0.2) is 0 Å². The molecule has 1 aliphatic rings. The molecule has 1 atom stereocenters. The molecule has 1 aliphatic heterocycles. The maximum Gasteiger partial charge on any atom is 0.245 e. The van der Waals surface area contributed by atoms with Gasteiger partial charge in [0.05, 0.1) is 0 Å². The number of fused-ring (bicyclic) bond motifs is 1. The fraction of sp³-hybridized carbons (Fsp3) is 0.462. The van der Waals surface area contributed by atoms with Crippen LogP contribution >= 0.6 is 0 Å². The number of hydrogen-bond acceptors (Lipinski definition) is 4. The van der Waals surface area contributed by atoms with Crippen LogP contribution in [0.4, 0.5) is 11.4 Å². The minimum absolute atomic E-state index is 0.127. The van der Waals surface area contributed by atoms with E-state index in [0.717, 1.165) is 30.0 Å². The summed E-state index contributed by atoms with van der Waals surface area (Å²) in [5.41, 5.74) is 8.58. The monoisotopic (exact) mass is 248 g/mol. The Morgan fingerprint density at radius 2 is 2.00 bits per heavy atom. The van der Waals surface area contributed by atoms with E-state index in [1.165, 1.54) is 0 Å². The Kier molecular flexibility index (Phi) is 3.54. The van der Waals surface area contributed by atoms with Crippen molar-refractivity contribution in [3.8, 4) is 0 Å². The number of rotatable bonds is 4. The smallest absolute Gasteiger partial charge is 0.245 e. The topological polar surface area (TPSA) is 61.6 Å². The Balaban J connectivity index is 2.13. The van der Waals surface area contributed by atoms with Gasteiger partial charge in [0, 0.05) is 37.1 Å². The van der Waals surface area contributed by atoms with Gasteiger partial charge in [0.25, 0.3) is 0 Å². The quantitative estimate of drug-likeness (QED) is 0.820. The molecule has 5 nitrogen and oxygen atoms in total. The SMILES string of the molecule is CN(C)CCN(C)c1ccc2c(c1)NC(=O)C2N. The number of carbonyl (C=O) groups excluding carboxylic acids is 1. The van der Waals surface area contributed by atoms with Crippen molar-refractivity contribution in [3.63, 3.8) is 0 Å². The molecule has 98 valence electrons. The molecule has 5 heteroatoms. The van der Waals surface area contributed by atoms with E-state index in [4.69, 9.17) is 5.73 Å². The third kappa shape index (κ3) is 2.47. The van der Waals surface area contributed by atoms with Gasteiger partial charge in [-0.1, -0.05) is 6.07 Å². The van der Waals surface area contributed by atoms with Crippen LogP contribution in [0.2, 0.25) is 0 Å². The van der Waals surface area contributed by atoms with Crippen molar-refractivity contribution >= 4 is 17.3 Å². The third-order valence-electron chi connectivity index (χ3n) is 3.24. The Hall–Kier alpha value is -1.59. The molecule has 0 saturated heterocycles. The highest BCUT2D eigenvalue weighted by molar-refractivity contribution is 6.02. The predicted molar refractivity (Wildman–Crippen MR) is 73.8 cm³/mol. The summed E-state index contributed by atoms with van der Waals surface area (Å²) in [6, 6.07) is 5.39. The Morgan fingerprint density at radius 3 is 2.67 bits per heavy atom. The third-order valence-corrected chi connectivity index (χ3v) is 3.24. The lowest BCUT2D eigenvalue weighted by Crippen LogP contribution is -2.28. The maximum atomic E-state index is 11.5. The first kappa shape index (κ1) is 12.9. The van der Waals surface area contributed by atoms with Gasteiger partial charge in [-0.3, -0.25) is 4.79 Å². The molecule has 1 heterocycles. The van der Waals surface area contributed by atoms with Crippen molar-refractivity contribution in [2.24, 2.45) is 5.73 Å². The van der Waals surface area contributed by atoms with Gasteiger partial charge in [-0.25, -0.2) is 0 Å². The maximum absolute atomic E-state index is 11.5. The number of nitrogens with zero attached hydrogens (tertiary/aromatic N) is 2. The van der Waals surface area contributed by atoms with Gasteiger partial charge in [-0.15, -0.1) is 0 Å². The number of hydrogen-bond donors (Lipinski definition) is 2. The molecule has 18 heavy (non-hydrogen) atoms. The molecular weight excluding hydrogens is 228 g/mol. The van der Waals surface area contributed by atoms with Crippen molar-refractivity contribution in [2.75, 3.05) is 44.4 Å². The molecule has 0 aliphatic carbocycles. The highest BCUT2D eigenvalue weighted by Crippen LogP contribution is 2.32. The fourth-order valence-electron chi connectivity index (χ4n) is 1.99. The summed E-state index contributed by atoms with van der Waals surface area (Å²) in [4.78, 5) is 15.8. The zero-order valence-corrected chi connectivity index (χ0v) is 11.1. The van der Waals surface area contributed by atoms with Crippen LogP contribution in [0.1, 0.15) is 11.6 Å². The second-order valence-electron chi connectivity index (χ2n) is 4.96. The minimum Gasteiger partial charge on any atom is -0.373 e. The van der Waals surface area contributed by atoms with Crippen molar-refractivity contribution in [2.45, 2.75) is 6.04 Å². The van der Waals surface area contributed by atoms with E-state index >= 15 is 0 Å². The standard InChI is InChI=1S/C13H20N4O/c1-16(2)6-7-17(3)9-4-5-10-11(8-9)15-13(18)12(10)14/h4-5,8,12H,6-7,14H2,1-3H3,(H,15,18). The van der Waals surface area contributed by atoms with Crippen LogP contribution in [0.25, 0.3) is 0 Å². The lowest BCUT2D eigenvalue weighted by molar-refractivity contribution is -0.116. The predicted octanol–water partition coefficient (Wildman–Crippen LogP) is 0.636. The molecule has 1 aromatic rings. The van der Waals surface area contributed by atoms with Crippen LogP contribution in [0, 0.1) is 0 Å². The van der Waals surface area contributed by atoms with Crippen molar-refractivity contribution in [3.05, 3.63) is 23.8 Å². The molecule has 2 rings (SSSR count). The van der Waals surface area contributed by atoms with E-state index in [0.29, 0.717) is 0 Å². The molecule has 3 N–H and O–H groups in total. The molecule has 0 aromatic heterocycles. The number of carbonyl (C=O) groups is 1. The lowest BCUT2D eigenvalue weighted by Gasteiger charge is -2.22. The number of nitrogens with one attached hydrogen (secondary N) is 1. The van der Waals surface area contributed by atoms with Gasteiger partial charge >= 0.3 is 0 Å². The van der Waals surface area contributed by atoms with E-state index in [-0.39, 0.29) is 5.91 Å². The first-order chi connectivity index (χ1) is 8.49. The number of amides is 1. The van der Waals surface area contributed by atoms with E-state index in [1.54, 1.807) is 0 Å². The second-order valence-corrected chi connectivity index (χ2v) is 4.96. The number of benzene rings is 1. The normalized spacial score (nSPS) is 17.8. The van der Waals surface area contributed by atoms with Crippen LogP contribution in [0.3, 0.4) is 0 Å². The van der Waals surface area contributed by atoms with Gasteiger partial charge in [0.2, 0.25) is 5.91 Å². The molecule has 0 bridgehead atoms. The Labute approximate surface area is 108 Å². The van der Waals surface area contributed by atoms with Gasteiger partial charge in [0.1, 0.15) is 6.04 Å². The largest absolute Gasteiger partial charge is 0.373 e. The molecule has 0 spiro atoms. The van der Waals surface area contributed by atoms with Crippen LogP contribution in [-0.2, 0) is 4.79 Å². The van der Waals surface area contributed by atoms with Crippen LogP contribution in [-0.4, -0.2) is 45.0 Å². The Bertz CT molecular complexity index is 458. The van der Waals surface area contributed by atoms with Crippen molar-refractivity contribution in [1.82, 2.24) is 4.90 Å². The zero-order chi connectivity index (χ0) is 13.3. The van der Waals surface area contributed by atoms with E-state index < -0.39 is 6.04 Å². The number of likely N-dealkylation sites (N-methyl/N-ethyl adjacent to an activating group) is 2. The summed E-state index contributed by atoms with van der Waals surface area (Å²) in [5, 5.41) is 2.81. The van der Waals surface area contributed by atoms with E-state index in [1.807, 2.05) is 25.2 Å². The Morgan fingerprint density at radius 1 is 1.28 bits per heavy atom. The summed E-state index contributed by atoms with van der Waals surface area (Å²) >= 11 is 0. The van der Waals surface area contributed by atoms with Gasteiger partial charge in [-0.2, -0.15) is 0 Å². The summed E-state index contributed by atoms with van der Waals surface area (Å²) in [7, 11) is 6.15. The number of nitrogens with two attached hydrogens (primary N) is 1. The summed E-state index contributed by atoms with van der Waals surface area (Å²) < 4.78 is 0. The highest BCUT2D eigenvalue weighted by Gasteiger charge is 2.27. The van der Waals surface area contributed by atoms with Crippen molar-refractivity contribution < 1.29 is 4.79 Å². The highest BCUT2D eigenvalue weighted by atomic mass is 16.2. The van der Waals surface area contributed by atoms with Gasteiger partial charge in [-0.05, 0) is 26.2 Å². The molecule has 0 radical (unpaired) electrons. The first-order valence-corrected chi connectivity index (χ1v) is 6.05. The summed E-state index contributed by atoms with van der Waals surface area (Å²) in [6.07, 6.45) is 0. The minimum atomic E-state index is -0.527. The molecule has 0 saturated carbocycles. The molecular formula is C13H20N4O. The van der Waals surface area contributed by atoms with Gasteiger partial charge < -0.3 is 20.9 Å². The first-order valence-electron chi connectivity index (χ1n) is 6.05. The second kappa shape index (κ2) is 4.96. The van der Waals surface area contributed by atoms with E-state index in [9.17, 15) is 4.79 Å². The number of anilines is 2. The van der Waals surface area contributed by atoms with Crippen molar-refractivity contribution in [1.29, 1.82) is 0 Å². The average Bonchev–Trinajstić information content (AvgIpc) is 2.61. The summed E-state index contributed by atoms with van der Waals surface area (Å²) in [5.74, 6) is -0.127. The van der Waals surface area contributed by atoms with Crippen LogP contribution < -0.4 is 16.0 Å². The van der Waals surface area contributed by atoms with Crippen LogP contribution in [0.15, 0.2) is 18.2 Å². The molecule has 1 amide bonds. The molecule has 0 fully saturated rings. The van der Waals surface area contributed by atoms with E-state index in [2.05, 4.69) is 29.2 Å². The molecule has 1 unspecified atom stereocenters. The molecule has 1 aromatic carbocycles. The fourth-order valence-corrected chi connectivity index (χ4v) is 1.99. The summed E-state index contributed by atoms with van der Waals surface area (Å²) in [6.45, 7) is 1.92. The zero-order valence-electron chi connectivity index (χ0n) is 11.1.